The average Bonchev–Trinajstić information content (AvgIpc) is 3.00. The van der Waals surface area contributed by atoms with Gasteiger partial charge >= 0.3 is 0 Å². The molecule has 2 heterocycles. The molecule has 1 aromatic heterocycles. The molecular formula is C19H24FN3O2S. The summed E-state index contributed by atoms with van der Waals surface area (Å²) in [6, 6.07) is 5.57. The van der Waals surface area contributed by atoms with Crippen molar-refractivity contribution in [1.82, 2.24) is 9.88 Å². The van der Waals surface area contributed by atoms with E-state index in [-0.39, 0.29) is 18.3 Å². The molecule has 2 atom stereocenters. The van der Waals surface area contributed by atoms with Gasteiger partial charge in [-0.1, -0.05) is 13.8 Å². The quantitative estimate of drug-likeness (QED) is 0.832. The van der Waals surface area contributed by atoms with E-state index in [0.717, 1.165) is 25.3 Å². The molecule has 7 heteroatoms. The summed E-state index contributed by atoms with van der Waals surface area (Å²) in [7, 11) is 0. The number of carbonyl (C=O) groups is 1. The van der Waals surface area contributed by atoms with Crippen LogP contribution in [0.5, 0.6) is 5.75 Å². The fourth-order valence-electron chi connectivity index (χ4n) is 3.42. The Morgan fingerprint density at radius 2 is 2.00 bits per heavy atom. The van der Waals surface area contributed by atoms with E-state index in [2.05, 4.69) is 29.0 Å². The molecule has 140 valence electrons. The fourth-order valence-corrected chi connectivity index (χ4v) is 4.14. The summed E-state index contributed by atoms with van der Waals surface area (Å²) in [6.45, 7) is 7.44. The van der Waals surface area contributed by atoms with Crippen molar-refractivity contribution >= 4 is 22.4 Å². The third-order valence-corrected chi connectivity index (χ3v) is 5.12. The lowest BCUT2D eigenvalue weighted by molar-refractivity contribution is -0.118. The molecule has 1 saturated heterocycles. The third kappa shape index (κ3) is 5.51. The van der Waals surface area contributed by atoms with Crippen molar-refractivity contribution in [1.29, 1.82) is 0 Å². The van der Waals surface area contributed by atoms with Gasteiger partial charge in [0, 0.05) is 25.0 Å². The van der Waals surface area contributed by atoms with E-state index in [9.17, 15) is 9.18 Å². The Balaban J connectivity index is 1.46. The second kappa shape index (κ2) is 8.60. The number of piperidine rings is 1. The number of anilines is 1. The van der Waals surface area contributed by atoms with Gasteiger partial charge in [0.2, 0.25) is 0 Å². The highest BCUT2D eigenvalue weighted by atomic mass is 32.1. The maximum atomic E-state index is 12.8. The first-order valence-electron chi connectivity index (χ1n) is 8.83. The zero-order valence-electron chi connectivity index (χ0n) is 15.1. The van der Waals surface area contributed by atoms with E-state index in [4.69, 9.17) is 4.74 Å². The number of thiazole rings is 1. The number of rotatable bonds is 6. The number of ether oxygens (including phenoxy) is 1. The van der Waals surface area contributed by atoms with E-state index in [0.29, 0.717) is 22.7 Å². The second-order valence-corrected chi connectivity index (χ2v) is 7.93. The van der Waals surface area contributed by atoms with Crippen LogP contribution in [0.15, 0.2) is 29.6 Å². The second-order valence-electron chi connectivity index (χ2n) is 7.07. The lowest BCUT2D eigenvalue weighted by atomic mass is 9.92. The Kier molecular flexibility index (Phi) is 6.21. The van der Waals surface area contributed by atoms with Crippen LogP contribution in [0, 0.1) is 17.7 Å². The molecule has 26 heavy (non-hydrogen) atoms. The number of nitrogens with zero attached hydrogens (tertiary/aromatic N) is 2. The molecule has 0 bridgehead atoms. The number of amides is 1. The van der Waals surface area contributed by atoms with Crippen LogP contribution in [0.3, 0.4) is 0 Å². The normalized spacial score (nSPS) is 20.7. The van der Waals surface area contributed by atoms with Crippen LogP contribution in [0.25, 0.3) is 0 Å². The smallest absolute Gasteiger partial charge is 0.264 e. The van der Waals surface area contributed by atoms with Gasteiger partial charge in [-0.3, -0.25) is 15.0 Å². The van der Waals surface area contributed by atoms with Gasteiger partial charge in [0.25, 0.3) is 5.91 Å². The van der Waals surface area contributed by atoms with Crippen LogP contribution in [0.4, 0.5) is 9.52 Å². The summed E-state index contributed by atoms with van der Waals surface area (Å²) in [6.07, 6.45) is 1.28. The number of carbonyl (C=O) groups excluding carboxylic acids is 1. The lowest BCUT2D eigenvalue weighted by Crippen LogP contribution is -2.38. The van der Waals surface area contributed by atoms with Crippen LogP contribution >= 0.6 is 11.3 Å². The van der Waals surface area contributed by atoms with Gasteiger partial charge < -0.3 is 4.74 Å². The molecule has 1 fully saturated rings. The number of halogens is 1. The first kappa shape index (κ1) is 18.8. The minimum absolute atomic E-state index is 0.137. The molecule has 1 aromatic carbocycles. The highest BCUT2D eigenvalue weighted by molar-refractivity contribution is 7.13. The summed E-state index contributed by atoms with van der Waals surface area (Å²) in [5.74, 6) is 1.25. The molecule has 2 aromatic rings. The Hall–Kier alpha value is -1.99. The molecule has 2 unspecified atom stereocenters. The van der Waals surface area contributed by atoms with Gasteiger partial charge in [0.15, 0.2) is 11.7 Å². The first-order valence-corrected chi connectivity index (χ1v) is 9.71. The largest absolute Gasteiger partial charge is 0.484 e. The van der Waals surface area contributed by atoms with Gasteiger partial charge in [-0.15, -0.1) is 11.3 Å². The van der Waals surface area contributed by atoms with Crippen molar-refractivity contribution in [2.45, 2.75) is 26.8 Å². The van der Waals surface area contributed by atoms with Crippen molar-refractivity contribution in [3.8, 4) is 5.75 Å². The maximum absolute atomic E-state index is 12.8. The topological polar surface area (TPSA) is 54.5 Å². The van der Waals surface area contributed by atoms with Crippen LogP contribution < -0.4 is 10.1 Å². The monoisotopic (exact) mass is 377 g/mol. The number of aromatic nitrogens is 1. The fraction of sp³-hybridized carbons (Fsp3) is 0.474. The predicted octanol–water partition coefficient (Wildman–Crippen LogP) is 3.78. The maximum Gasteiger partial charge on any atom is 0.264 e. The number of benzene rings is 1. The molecule has 3 rings (SSSR count). The van der Waals surface area contributed by atoms with Crippen LogP contribution in [0.2, 0.25) is 0 Å². The van der Waals surface area contributed by atoms with Crippen molar-refractivity contribution in [3.63, 3.8) is 0 Å². The lowest BCUT2D eigenvalue weighted by Gasteiger charge is -2.34. The summed E-state index contributed by atoms with van der Waals surface area (Å²) in [5, 5.41) is 5.31. The molecule has 0 saturated carbocycles. The number of hydrogen-bond donors (Lipinski definition) is 1. The van der Waals surface area contributed by atoms with Crippen LogP contribution in [-0.2, 0) is 11.3 Å². The number of hydrogen-bond acceptors (Lipinski definition) is 5. The van der Waals surface area contributed by atoms with Crippen molar-refractivity contribution in [2.24, 2.45) is 11.8 Å². The van der Waals surface area contributed by atoms with Crippen molar-refractivity contribution in [2.75, 3.05) is 25.0 Å². The molecule has 1 amide bonds. The van der Waals surface area contributed by atoms with Gasteiger partial charge in [-0.05, 0) is 42.5 Å². The van der Waals surface area contributed by atoms with Crippen LogP contribution in [-0.4, -0.2) is 35.5 Å². The third-order valence-electron chi connectivity index (χ3n) is 4.31. The molecule has 5 nitrogen and oxygen atoms in total. The summed E-state index contributed by atoms with van der Waals surface area (Å²) < 4.78 is 18.2. The predicted molar refractivity (Wildman–Crippen MR) is 101 cm³/mol. The summed E-state index contributed by atoms with van der Waals surface area (Å²) in [4.78, 5) is 18.9. The van der Waals surface area contributed by atoms with Crippen molar-refractivity contribution < 1.29 is 13.9 Å². The minimum atomic E-state index is -0.338. The average molecular weight is 377 g/mol. The Morgan fingerprint density at radius 3 is 2.69 bits per heavy atom. The molecular weight excluding hydrogens is 353 g/mol. The van der Waals surface area contributed by atoms with E-state index in [1.807, 2.05) is 5.38 Å². The molecule has 1 aliphatic heterocycles. The van der Waals surface area contributed by atoms with E-state index in [1.54, 1.807) is 0 Å². The Morgan fingerprint density at radius 1 is 1.31 bits per heavy atom. The van der Waals surface area contributed by atoms with Crippen LogP contribution in [0.1, 0.15) is 26.0 Å². The summed E-state index contributed by atoms with van der Waals surface area (Å²) in [5.41, 5.74) is 0.978. The number of nitrogens with one attached hydrogen (secondary N) is 1. The number of likely N-dealkylation sites (tertiary alicyclic amines) is 1. The molecule has 0 radical (unpaired) electrons. The molecule has 1 aliphatic rings. The Labute approximate surface area is 157 Å². The zero-order chi connectivity index (χ0) is 18.5. The highest BCUT2D eigenvalue weighted by Crippen LogP contribution is 2.24. The standard InChI is InChI=1S/C19H24FN3O2S/c1-13-7-14(2)9-23(8-13)10-16-12-26-19(21-16)22-18(24)11-25-17-5-3-15(20)4-6-17/h3-6,12-14H,7-11H2,1-2H3,(H,21,22,24). The van der Waals surface area contributed by atoms with Crippen molar-refractivity contribution in [3.05, 3.63) is 41.2 Å². The van der Waals surface area contributed by atoms with E-state index >= 15 is 0 Å². The first-order chi connectivity index (χ1) is 12.5. The molecule has 0 spiro atoms. The molecule has 0 aliphatic carbocycles. The van der Waals surface area contributed by atoms with Gasteiger partial charge in [-0.25, -0.2) is 9.37 Å². The minimum Gasteiger partial charge on any atom is -0.484 e. The van der Waals surface area contributed by atoms with E-state index < -0.39 is 0 Å². The molecule has 1 N–H and O–H groups in total. The van der Waals surface area contributed by atoms with E-state index in [1.165, 1.54) is 42.0 Å². The highest BCUT2D eigenvalue weighted by Gasteiger charge is 2.22. The van der Waals surface area contributed by atoms with Gasteiger partial charge in [0.05, 0.1) is 5.69 Å². The SMILES string of the molecule is CC1CC(C)CN(Cc2csc(NC(=O)COc3ccc(F)cc3)n2)C1. The van der Waals surface area contributed by atoms with Gasteiger partial charge in [-0.2, -0.15) is 0 Å². The van der Waals surface area contributed by atoms with Gasteiger partial charge in [0.1, 0.15) is 11.6 Å². The Bertz CT molecular complexity index is 725. The zero-order valence-corrected chi connectivity index (χ0v) is 15.9. The summed E-state index contributed by atoms with van der Waals surface area (Å²) >= 11 is 1.42.